The summed E-state index contributed by atoms with van der Waals surface area (Å²) >= 11 is 0.525. The maximum Gasteiger partial charge on any atom is 0.435 e. The average molecular weight is 357 g/mol. The molecule has 0 aliphatic heterocycles. The Balaban J connectivity index is 2.09. The number of halogens is 3. The van der Waals surface area contributed by atoms with Crippen LogP contribution in [0.5, 0.6) is 0 Å². The van der Waals surface area contributed by atoms with Crippen molar-refractivity contribution in [3.63, 3.8) is 0 Å². The van der Waals surface area contributed by atoms with E-state index in [2.05, 4.69) is 31.1 Å². The molecule has 0 saturated carbocycles. The van der Waals surface area contributed by atoms with E-state index in [9.17, 15) is 18.0 Å². The van der Waals surface area contributed by atoms with Gasteiger partial charge in [-0.05, 0) is 16.5 Å². The summed E-state index contributed by atoms with van der Waals surface area (Å²) in [4.78, 5) is 14.7. The number of thiazole rings is 1. The van der Waals surface area contributed by atoms with E-state index in [1.165, 1.54) is 0 Å². The van der Waals surface area contributed by atoms with Gasteiger partial charge in [0, 0.05) is 6.54 Å². The Hall–Kier alpha value is -2.09. The Labute approximate surface area is 141 Å². The highest BCUT2D eigenvalue weighted by atomic mass is 32.1. The molecule has 1 amide bonds. The van der Waals surface area contributed by atoms with Gasteiger partial charge in [-0.2, -0.15) is 13.2 Å². The van der Waals surface area contributed by atoms with Gasteiger partial charge in [0.1, 0.15) is 4.88 Å². The van der Waals surface area contributed by atoms with Crippen molar-refractivity contribution in [1.82, 2.24) is 10.3 Å². The summed E-state index contributed by atoms with van der Waals surface area (Å²) in [6.07, 6.45) is -4.71. The normalized spacial score (nSPS) is 12.2. The molecule has 8 heteroatoms. The lowest BCUT2D eigenvalue weighted by molar-refractivity contribution is -0.141. The molecule has 0 bridgehead atoms. The van der Waals surface area contributed by atoms with Crippen molar-refractivity contribution in [3.05, 3.63) is 46.0 Å². The first kappa shape index (κ1) is 18.3. The molecule has 1 heterocycles. The molecule has 2 aromatic rings. The minimum Gasteiger partial charge on any atom is -0.375 e. The lowest BCUT2D eigenvalue weighted by atomic mass is 9.87. The molecule has 4 nitrogen and oxygen atoms in total. The van der Waals surface area contributed by atoms with Crippen molar-refractivity contribution in [1.29, 1.82) is 0 Å². The number of nitrogens with zero attached hydrogens (tertiary/aromatic N) is 1. The molecule has 0 saturated heterocycles. The molecule has 0 unspecified atom stereocenters. The summed E-state index contributed by atoms with van der Waals surface area (Å²) in [6, 6.07) is 7.56. The van der Waals surface area contributed by atoms with Crippen LogP contribution in [0.25, 0.3) is 0 Å². The average Bonchev–Trinajstić information content (AvgIpc) is 2.86. The van der Waals surface area contributed by atoms with Crippen molar-refractivity contribution in [3.8, 4) is 0 Å². The van der Waals surface area contributed by atoms with E-state index >= 15 is 0 Å². The van der Waals surface area contributed by atoms with Crippen molar-refractivity contribution in [2.75, 3.05) is 5.73 Å². The number of hydrogen-bond donors (Lipinski definition) is 2. The van der Waals surface area contributed by atoms with Crippen LogP contribution in [-0.2, 0) is 18.1 Å². The summed E-state index contributed by atoms with van der Waals surface area (Å²) in [5.41, 5.74) is 5.99. The van der Waals surface area contributed by atoms with Crippen molar-refractivity contribution >= 4 is 22.4 Å². The van der Waals surface area contributed by atoms with Crippen LogP contribution in [0.15, 0.2) is 24.3 Å². The topological polar surface area (TPSA) is 68.0 Å². The Morgan fingerprint density at radius 3 is 2.29 bits per heavy atom. The Morgan fingerprint density at radius 2 is 1.79 bits per heavy atom. The predicted octanol–water partition coefficient (Wildman–Crippen LogP) is 3.97. The fourth-order valence-corrected chi connectivity index (χ4v) is 2.84. The van der Waals surface area contributed by atoms with Gasteiger partial charge in [-0.1, -0.05) is 56.4 Å². The quantitative estimate of drug-likeness (QED) is 0.873. The second-order valence-electron chi connectivity index (χ2n) is 6.36. The van der Waals surface area contributed by atoms with Crippen molar-refractivity contribution < 1.29 is 18.0 Å². The first-order valence-electron chi connectivity index (χ1n) is 7.19. The molecular formula is C16H18F3N3OS. The smallest absolute Gasteiger partial charge is 0.375 e. The second-order valence-corrected chi connectivity index (χ2v) is 7.39. The number of rotatable bonds is 3. The van der Waals surface area contributed by atoms with E-state index in [-0.39, 0.29) is 17.1 Å². The number of carbonyl (C=O) groups excluding carboxylic acids is 1. The summed E-state index contributed by atoms with van der Waals surface area (Å²) < 4.78 is 38.6. The number of amides is 1. The molecule has 0 aliphatic carbocycles. The van der Waals surface area contributed by atoms with Gasteiger partial charge in [0.05, 0.1) is 0 Å². The first-order valence-corrected chi connectivity index (χ1v) is 8.01. The van der Waals surface area contributed by atoms with Gasteiger partial charge in [-0.3, -0.25) is 4.79 Å². The highest BCUT2D eigenvalue weighted by Crippen LogP contribution is 2.35. The molecule has 0 atom stereocenters. The van der Waals surface area contributed by atoms with Crippen molar-refractivity contribution in [2.45, 2.75) is 38.9 Å². The molecule has 130 valence electrons. The van der Waals surface area contributed by atoms with E-state index in [1.807, 2.05) is 24.3 Å². The standard InChI is InChI=1S/C16H18F3N3OS/c1-15(2,3)10-6-4-9(5-7-10)8-21-13(23)11-12(16(17,18)19)22-14(20)24-11/h4-7H,8H2,1-3H3,(H2,20,22)(H,21,23). The van der Waals surface area contributed by atoms with Crippen LogP contribution in [0.2, 0.25) is 0 Å². The number of carbonyl (C=O) groups is 1. The first-order chi connectivity index (χ1) is 11.0. The van der Waals surface area contributed by atoms with Gasteiger partial charge in [0.25, 0.3) is 5.91 Å². The highest BCUT2D eigenvalue weighted by molar-refractivity contribution is 7.17. The van der Waals surface area contributed by atoms with Gasteiger partial charge in [-0.15, -0.1) is 0 Å². The summed E-state index contributed by atoms with van der Waals surface area (Å²) in [5, 5.41) is 2.19. The molecule has 1 aromatic carbocycles. The largest absolute Gasteiger partial charge is 0.435 e. The van der Waals surface area contributed by atoms with Gasteiger partial charge in [0.2, 0.25) is 0 Å². The van der Waals surface area contributed by atoms with Gasteiger partial charge in [0.15, 0.2) is 10.8 Å². The molecule has 3 N–H and O–H groups in total. The van der Waals surface area contributed by atoms with Crippen LogP contribution < -0.4 is 11.1 Å². The molecule has 24 heavy (non-hydrogen) atoms. The third-order valence-electron chi connectivity index (χ3n) is 3.39. The van der Waals surface area contributed by atoms with E-state index in [0.29, 0.717) is 11.3 Å². The number of anilines is 1. The minimum atomic E-state index is -4.71. The second kappa shape index (κ2) is 6.43. The van der Waals surface area contributed by atoms with Crippen LogP contribution in [0, 0.1) is 0 Å². The number of benzene rings is 1. The highest BCUT2D eigenvalue weighted by Gasteiger charge is 2.39. The van der Waals surface area contributed by atoms with E-state index in [1.54, 1.807) is 0 Å². The van der Waals surface area contributed by atoms with E-state index < -0.39 is 22.7 Å². The number of hydrogen-bond acceptors (Lipinski definition) is 4. The van der Waals surface area contributed by atoms with Crippen LogP contribution in [-0.4, -0.2) is 10.9 Å². The SMILES string of the molecule is CC(C)(C)c1ccc(CNC(=O)c2sc(N)nc2C(F)(F)F)cc1. The lowest BCUT2D eigenvalue weighted by Gasteiger charge is -2.19. The zero-order valence-electron chi connectivity index (χ0n) is 13.5. The molecule has 0 aliphatic rings. The number of nitrogens with one attached hydrogen (secondary N) is 1. The van der Waals surface area contributed by atoms with Crippen LogP contribution >= 0.6 is 11.3 Å². The molecule has 2 rings (SSSR count). The molecule has 1 aromatic heterocycles. The maximum absolute atomic E-state index is 12.9. The van der Waals surface area contributed by atoms with E-state index in [4.69, 9.17) is 5.73 Å². The predicted molar refractivity (Wildman–Crippen MR) is 87.8 cm³/mol. The molecular weight excluding hydrogens is 339 g/mol. The fourth-order valence-electron chi connectivity index (χ4n) is 2.07. The zero-order valence-corrected chi connectivity index (χ0v) is 14.3. The summed E-state index contributed by atoms with van der Waals surface area (Å²) in [7, 11) is 0. The monoisotopic (exact) mass is 357 g/mol. The molecule has 0 fully saturated rings. The number of alkyl halides is 3. The summed E-state index contributed by atoms with van der Waals surface area (Å²) in [6.45, 7) is 6.36. The third kappa shape index (κ3) is 4.25. The van der Waals surface area contributed by atoms with Gasteiger partial charge >= 0.3 is 6.18 Å². The number of nitrogens with two attached hydrogens (primary N) is 1. The molecule has 0 radical (unpaired) electrons. The van der Waals surface area contributed by atoms with Gasteiger partial charge < -0.3 is 11.1 Å². The Bertz CT molecular complexity index is 731. The Kier molecular flexibility index (Phi) is 4.89. The zero-order chi connectivity index (χ0) is 18.1. The number of aromatic nitrogens is 1. The van der Waals surface area contributed by atoms with E-state index in [0.717, 1.165) is 11.1 Å². The Morgan fingerprint density at radius 1 is 1.21 bits per heavy atom. The molecule has 0 spiro atoms. The fraction of sp³-hybridized carbons (Fsp3) is 0.375. The van der Waals surface area contributed by atoms with Crippen LogP contribution in [0.4, 0.5) is 18.3 Å². The minimum absolute atomic E-state index is 0.00352. The number of nitrogen functional groups attached to an aromatic ring is 1. The van der Waals surface area contributed by atoms with Gasteiger partial charge in [-0.25, -0.2) is 4.98 Å². The lowest BCUT2D eigenvalue weighted by Crippen LogP contribution is -2.24. The third-order valence-corrected chi connectivity index (χ3v) is 4.27. The maximum atomic E-state index is 12.9. The van der Waals surface area contributed by atoms with Crippen molar-refractivity contribution in [2.24, 2.45) is 0 Å². The summed E-state index contributed by atoms with van der Waals surface area (Å²) in [5.74, 6) is -0.837. The van der Waals surface area contributed by atoms with Crippen LogP contribution in [0.1, 0.15) is 47.3 Å². The van der Waals surface area contributed by atoms with Crippen LogP contribution in [0.3, 0.4) is 0 Å².